The van der Waals surface area contributed by atoms with E-state index in [9.17, 15) is 18.0 Å². The second kappa shape index (κ2) is 12.3. The van der Waals surface area contributed by atoms with Gasteiger partial charge >= 0.3 is 0 Å². The first-order chi connectivity index (χ1) is 20.4. The van der Waals surface area contributed by atoms with Crippen molar-refractivity contribution in [1.29, 1.82) is 0 Å². The van der Waals surface area contributed by atoms with E-state index in [2.05, 4.69) is 16.0 Å². The Morgan fingerprint density at radius 1 is 0.690 bits per heavy atom. The molecule has 4 aromatic carbocycles. The van der Waals surface area contributed by atoms with Crippen LogP contribution < -0.4 is 25.4 Å². The Balaban J connectivity index is 1.30. The van der Waals surface area contributed by atoms with E-state index in [-0.39, 0.29) is 18.0 Å². The fraction of sp³-hybridized carbons (Fsp3) is 0.242. The normalized spacial score (nSPS) is 18.2. The SMILES string of the molecule is O=C(Nc1ccc(O[C@H]2CCNC2)c(-c2ccc(F)cc2)c1)c1ccc(O[C@@H]2CCNC2)c(-c2ccc(F)c(F)c2)c1. The zero-order valence-electron chi connectivity index (χ0n) is 22.8. The van der Waals surface area contributed by atoms with Crippen molar-refractivity contribution in [3.05, 3.63) is 102 Å². The Hall–Kier alpha value is -4.34. The van der Waals surface area contributed by atoms with Crippen LogP contribution in [-0.2, 0) is 0 Å². The van der Waals surface area contributed by atoms with E-state index < -0.39 is 17.5 Å². The quantitative estimate of drug-likeness (QED) is 0.235. The van der Waals surface area contributed by atoms with Crippen LogP contribution in [0.4, 0.5) is 18.9 Å². The van der Waals surface area contributed by atoms with Crippen LogP contribution in [0, 0.1) is 17.5 Å². The van der Waals surface area contributed by atoms with Gasteiger partial charge in [-0.2, -0.15) is 0 Å². The number of hydrogen-bond acceptors (Lipinski definition) is 5. The van der Waals surface area contributed by atoms with Crippen molar-refractivity contribution in [2.45, 2.75) is 25.0 Å². The van der Waals surface area contributed by atoms with Gasteiger partial charge < -0.3 is 25.4 Å². The molecule has 0 bridgehead atoms. The maximum Gasteiger partial charge on any atom is 0.255 e. The molecule has 2 aliphatic heterocycles. The molecule has 4 aromatic rings. The van der Waals surface area contributed by atoms with Gasteiger partial charge in [-0.1, -0.05) is 18.2 Å². The van der Waals surface area contributed by atoms with Gasteiger partial charge in [-0.15, -0.1) is 0 Å². The second-order valence-corrected chi connectivity index (χ2v) is 10.5. The first-order valence-electron chi connectivity index (χ1n) is 14.0. The van der Waals surface area contributed by atoms with Crippen LogP contribution in [0.3, 0.4) is 0 Å². The lowest BCUT2D eigenvalue weighted by Crippen LogP contribution is -2.20. The highest BCUT2D eigenvalue weighted by molar-refractivity contribution is 6.05. The Morgan fingerprint density at radius 2 is 1.31 bits per heavy atom. The lowest BCUT2D eigenvalue weighted by molar-refractivity contribution is 0.102. The third-order valence-electron chi connectivity index (χ3n) is 7.48. The monoisotopic (exact) mass is 573 g/mol. The summed E-state index contributed by atoms with van der Waals surface area (Å²) in [6.07, 6.45) is 1.63. The standard InChI is InChI=1S/C33H30F3N3O3/c34-23-5-1-20(2-6-23)28-17-24(7-10-32(28)42-26-12-14-38-19-26)39-33(40)22-4-9-31(41-25-11-13-37-18-25)27(15-22)21-3-8-29(35)30(36)16-21/h1-10,15-17,25-26,37-38H,11-14,18-19H2,(H,39,40)/t25-,26+/m1/s1. The predicted octanol–water partition coefficient (Wildman–Crippen LogP) is 6.17. The van der Waals surface area contributed by atoms with Crippen LogP contribution >= 0.6 is 0 Å². The van der Waals surface area contributed by atoms with Crippen molar-refractivity contribution in [3.63, 3.8) is 0 Å². The zero-order valence-corrected chi connectivity index (χ0v) is 22.8. The van der Waals surface area contributed by atoms with Crippen LogP contribution in [0.2, 0.25) is 0 Å². The Kier molecular flexibility index (Phi) is 8.12. The number of nitrogens with one attached hydrogen (secondary N) is 3. The molecule has 6 nitrogen and oxygen atoms in total. The summed E-state index contributed by atoms with van der Waals surface area (Å²) < 4.78 is 53.9. The third kappa shape index (κ3) is 6.27. The second-order valence-electron chi connectivity index (χ2n) is 10.5. The molecule has 0 unspecified atom stereocenters. The predicted molar refractivity (Wildman–Crippen MR) is 155 cm³/mol. The molecule has 2 saturated heterocycles. The molecule has 0 radical (unpaired) electrons. The van der Waals surface area contributed by atoms with Crippen LogP contribution in [0.25, 0.3) is 22.3 Å². The lowest BCUT2D eigenvalue weighted by Gasteiger charge is -2.19. The van der Waals surface area contributed by atoms with Gasteiger partial charge in [-0.25, -0.2) is 13.2 Å². The van der Waals surface area contributed by atoms with Gasteiger partial charge in [-0.05, 0) is 97.7 Å². The molecule has 1 amide bonds. The Labute approximate surface area is 241 Å². The van der Waals surface area contributed by atoms with Crippen molar-refractivity contribution >= 4 is 11.6 Å². The molecule has 0 spiro atoms. The summed E-state index contributed by atoms with van der Waals surface area (Å²) in [5.74, 6) is -1.57. The first kappa shape index (κ1) is 27.8. The molecule has 2 fully saturated rings. The van der Waals surface area contributed by atoms with Crippen molar-refractivity contribution < 1.29 is 27.4 Å². The van der Waals surface area contributed by atoms with Gasteiger partial charge in [-0.3, -0.25) is 4.79 Å². The number of rotatable bonds is 8. The van der Waals surface area contributed by atoms with Crippen molar-refractivity contribution in [1.82, 2.24) is 10.6 Å². The van der Waals surface area contributed by atoms with Crippen molar-refractivity contribution in [2.24, 2.45) is 0 Å². The number of ether oxygens (including phenoxy) is 2. The largest absolute Gasteiger partial charge is 0.488 e. The first-order valence-corrected chi connectivity index (χ1v) is 14.0. The number of benzene rings is 4. The highest BCUT2D eigenvalue weighted by Crippen LogP contribution is 2.36. The minimum Gasteiger partial charge on any atom is -0.488 e. The van der Waals surface area contributed by atoms with Gasteiger partial charge in [0.05, 0.1) is 0 Å². The maximum atomic E-state index is 14.2. The fourth-order valence-corrected chi connectivity index (χ4v) is 5.25. The number of carbonyl (C=O) groups excluding carboxylic acids is 1. The fourth-order valence-electron chi connectivity index (χ4n) is 5.25. The molecule has 0 aliphatic carbocycles. The van der Waals surface area contributed by atoms with Gasteiger partial charge in [0.15, 0.2) is 11.6 Å². The van der Waals surface area contributed by atoms with Gasteiger partial charge in [0.25, 0.3) is 5.91 Å². The van der Waals surface area contributed by atoms with E-state index >= 15 is 0 Å². The molecule has 2 heterocycles. The molecular weight excluding hydrogens is 543 g/mol. The molecule has 6 rings (SSSR count). The number of carbonyl (C=O) groups is 1. The van der Waals surface area contributed by atoms with Gasteiger partial charge in [0.1, 0.15) is 29.5 Å². The van der Waals surface area contributed by atoms with Crippen LogP contribution in [0.15, 0.2) is 78.9 Å². The molecule has 42 heavy (non-hydrogen) atoms. The topological polar surface area (TPSA) is 71.6 Å². The molecule has 9 heteroatoms. The van der Waals surface area contributed by atoms with E-state index in [4.69, 9.17) is 9.47 Å². The minimum absolute atomic E-state index is 0.0140. The molecule has 216 valence electrons. The minimum atomic E-state index is -0.986. The van der Waals surface area contributed by atoms with Gasteiger partial charge in [0.2, 0.25) is 0 Å². The van der Waals surface area contributed by atoms with Crippen LogP contribution in [0.1, 0.15) is 23.2 Å². The number of hydrogen-bond donors (Lipinski definition) is 3. The van der Waals surface area contributed by atoms with Crippen molar-refractivity contribution in [3.8, 4) is 33.8 Å². The lowest BCUT2D eigenvalue weighted by atomic mass is 10.0. The molecular formula is C33H30F3N3O3. The van der Waals surface area contributed by atoms with E-state index in [1.165, 1.54) is 18.2 Å². The molecule has 0 aromatic heterocycles. The smallest absolute Gasteiger partial charge is 0.255 e. The van der Waals surface area contributed by atoms with E-state index in [1.807, 2.05) is 0 Å². The molecule has 2 aliphatic rings. The number of halogens is 3. The number of amides is 1. The summed E-state index contributed by atoms with van der Waals surface area (Å²) in [7, 11) is 0. The summed E-state index contributed by atoms with van der Waals surface area (Å²) in [4.78, 5) is 13.4. The Morgan fingerprint density at radius 3 is 1.93 bits per heavy atom. The van der Waals surface area contributed by atoms with Crippen LogP contribution in [0.5, 0.6) is 11.5 Å². The highest BCUT2D eigenvalue weighted by atomic mass is 19.2. The average molecular weight is 574 g/mol. The summed E-state index contributed by atoms with van der Waals surface area (Å²) >= 11 is 0. The number of anilines is 1. The molecule has 0 saturated carbocycles. The molecule has 2 atom stereocenters. The highest BCUT2D eigenvalue weighted by Gasteiger charge is 2.21. The maximum absolute atomic E-state index is 14.2. The average Bonchev–Trinajstić information content (AvgIpc) is 3.71. The van der Waals surface area contributed by atoms with E-state index in [0.29, 0.717) is 40.4 Å². The molecule has 3 N–H and O–H groups in total. The van der Waals surface area contributed by atoms with E-state index in [1.54, 1.807) is 48.5 Å². The summed E-state index contributed by atoms with van der Waals surface area (Å²) in [6, 6.07) is 20.0. The zero-order chi connectivity index (χ0) is 29.1. The Bertz CT molecular complexity index is 1580. The third-order valence-corrected chi connectivity index (χ3v) is 7.48. The van der Waals surface area contributed by atoms with Crippen molar-refractivity contribution in [2.75, 3.05) is 31.5 Å². The summed E-state index contributed by atoms with van der Waals surface area (Å²) in [6.45, 7) is 3.11. The van der Waals surface area contributed by atoms with E-state index in [0.717, 1.165) is 55.7 Å². The van der Waals surface area contributed by atoms with Gasteiger partial charge in [0, 0.05) is 35.5 Å². The summed E-state index contributed by atoms with van der Waals surface area (Å²) in [5, 5.41) is 9.44. The van der Waals surface area contributed by atoms with Crippen LogP contribution in [-0.4, -0.2) is 44.3 Å². The summed E-state index contributed by atoms with van der Waals surface area (Å²) in [5.41, 5.74) is 3.17.